The number of carbonyl (C=O) groups is 1. The van der Waals surface area contributed by atoms with E-state index >= 15 is 0 Å². The molecule has 0 unspecified atom stereocenters. The van der Waals surface area contributed by atoms with Crippen LogP contribution in [0.3, 0.4) is 0 Å². The van der Waals surface area contributed by atoms with E-state index in [1.54, 1.807) is 4.90 Å². The Balaban J connectivity index is 1.46. The van der Waals surface area contributed by atoms with Gasteiger partial charge in [0.2, 0.25) is 0 Å². The minimum Gasteiger partial charge on any atom is -0.491 e. The molecular formula is C21H33N3O4S. The number of carbonyl (C=O) groups excluding carboxylic acids is 1. The summed E-state index contributed by atoms with van der Waals surface area (Å²) in [5.41, 5.74) is 1.11. The number of rotatable bonds is 8. The number of thioether (sulfide) groups is 1. The smallest absolute Gasteiger partial charge is 0.409 e. The lowest BCUT2D eigenvalue weighted by Crippen LogP contribution is -2.48. The molecule has 7 nitrogen and oxygen atoms in total. The Morgan fingerprint density at radius 1 is 1.10 bits per heavy atom. The maximum atomic E-state index is 11.8. The van der Waals surface area contributed by atoms with Gasteiger partial charge in [-0.1, -0.05) is 18.2 Å². The highest BCUT2D eigenvalue weighted by Gasteiger charge is 2.22. The Hall–Kier alpha value is -1.48. The Kier molecular flexibility index (Phi) is 8.92. The van der Waals surface area contributed by atoms with Crippen molar-refractivity contribution in [2.24, 2.45) is 0 Å². The van der Waals surface area contributed by atoms with Gasteiger partial charge in [-0.3, -0.25) is 9.80 Å². The van der Waals surface area contributed by atoms with Gasteiger partial charge in [0.05, 0.1) is 6.61 Å². The molecule has 0 saturated carbocycles. The normalized spacial score (nSPS) is 19.7. The van der Waals surface area contributed by atoms with E-state index in [4.69, 9.17) is 9.47 Å². The van der Waals surface area contributed by atoms with E-state index < -0.39 is 6.10 Å². The molecule has 1 atom stereocenters. The van der Waals surface area contributed by atoms with E-state index in [0.29, 0.717) is 32.8 Å². The number of aliphatic hydroxyl groups is 1. The molecule has 0 aliphatic carbocycles. The van der Waals surface area contributed by atoms with Crippen LogP contribution in [0.2, 0.25) is 0 Å². The zero-order valence-electron chi connectivity index (χ0n) is 17.3. The summed E-state index contributed by atoms with van der Waals surface area (Å²) in [4.78, 5) is 18.2. The first kappa shape index (κ1) is 22.2. The van der Waals surface area contributed by atoms with Crippen molar-refractivity contribution >= 4 is 17.9 Å². The van der Waals surface area contributed by atoms with Crippen LogP contribution in [0.5, 0.6) is 5.75 Å². The number of hydrogen-bond acceptors (Lipinski definition) is 7. The van der Waals surface area contributed by atoms with Crippen LogP contribution in [-0.2, 0) is 11.3 Å². The topological polar surface area (TPSA) is 65.5 Å². The Bertz CT molecular complexity index is 634. The summed E-state index contributed by atoms with van der Waals surface area (Å²) in [6, 6.07) is 8.01. The highest BCUT2D eigenvalue weighted by molar-refractivity contribution is 7.99. The van der Waals surface area contributed by atoms with Crippen LogP contribution >= 0.6 is 11.8 Å². The molecule has 2 aliphatic rings. The van der Waals surface area contributed by atoms with Crippen LogP contribution in [0.4, 0.5) is 4.79 Å². The lowest BCUT2D eigenvalue weighted by Gasteiger charge is -2.34. The van der Waals surface area contributed by atoms with E-state index in [0.717, 1.165) is 55.5 Å². The van der Waals surface area contributed by atoms with Crippen molar-refractivity contribution in [3.05, 3.63) is 29.8 Å². The monoisotopic (exact) mass is 423 g/mol. The Morgan fingerprint density at radius 2 is 1.83 bits per heavy atom. The Labute approximate surface area is 177 Å². The first-order chi connectivity index (χ1) is 14.2. The van der Waals surface area contributed by atoms with Gasteiger partial charge in [-0.05, 0) is 13.0 Å². The largest absolute Gasteiger partial charge is 0.491 e. The molecule has 1 N–H and O–H groups in total. The molecule has 2 saturated heterocycles. The van der Waals surface area contributed by atoms with Crippen LogP contribution in [0, 0.1) is 0 Å². The number of benzene rings is 1. The zero-order valence-corrected chi connectivity index (χ0v) is 18.1. The first-order valence-corrected chi connectivity index (χ1v) is 11.6. The second-order valence-corrected chi connectivity index (χ2v) is 8.67. The molecule has 0 aromatic heterocycles. The van der Waals surface area contributed by atoms with Crippen molar-refractivity contribution in [3.8, 4) is 5.75 Å². The van der Waals surface area contributed by atoms with Crippen molar-refractivity contribution in [2.45, 2.75) is 19.6 Å². The number of piperazine rings is 1. The third kappa shape index (κ3) is 7.06. The third-order valence-corrected chi connectivity index (χ3v) is 6.21. The van der Waals surface area contributed by atoms with Crippen molar-refractivity contribution in [3.63, 3.8) is 0 Å². The average molecular weight is 424 g/mol. The number of para-hydroxylation sites is 1. The van der Waals surface area contributed by atoms with Gasteiger partial charge in [0.15, 0.2) is 0 Å². The number of hydrogen-bond donors (Lipinski definition) is 1. The second-order valence-electron chi connectivity index (χ2n) is 7.45. The molecule has 29 heavy (non-hydrogen) atoms. The van der Waals surface area contributed by atoms with Crippen LogP contribution in [0.25, 0.3) is 0 Å². The molecule has 1 aromatic rings. The zero-order chi connectivity index (χ0) is 20.5. The molecule has 1 amide bonds. The summed E-state index contributed by atoms with van der Waals surface area (Å²) in [5.74, 6) is 3.10. The fourth-order valence-corrected chi connectivity index (χ4v) is 4.62. The van der Waals surface area contributed by atoms with E-state index in [-0.39, 0.29) is 6.09 Å². The standard InChI is InChI=1S/C21H33N3O4S/c1-2-27-21(26)24-9-7-22(8-10-24)15-18-5-3-4-6-20(18)28-17-19(25)16-23-11-13-29-14-12-23/h3-6,19,25H,2,7-17H2,1H3/t19-/m0/s1. The summed E-state index contributed by atoms with van der Waals surface area (Å²) in [5, 5.41) is 10.4. The average Bonchev–Trinajstić information content (AvgIpc) is 2.74. The minimum atomic E-state index is -0.487. The van der Waals surface area contributed by atoms with Gasteiger partial charge in [-0.15, -0.1) is 0 Å². The molecule has 162 valence electrons. The molecular weight excluding hydrogens is 390 g/mol. The highest BCUT2D eigenvalue weighted by atomic mass is 32.2. The van der Waals surface area contributed by atoms with Gasteiger partial charge in [0, 0.05) is 69.4 Å². The maximum absolute atomic E-state index is 11.8. The van der Waals surface area contributed by atoms with E-state index in [1.165, 1.54) is 0 Å². The predicted octanol–water partition coefficient (Wildman–Crippen LogP) is 1.75. The predicted molar refractivity (Wildman–Crippen MR) is 116 cm³/mol. The molecule has 3 rings (SSSR count). The molecule has 2 fully saturated rings. The fourth-order valence-electron chi connectivity index (χ4n) is 3.64. The summed E-state index contributed by atoms with van der Waals surface area (Å²) in [6.45, 7) is 9.02. The third-order valence-electron chi connectivity index (χ3n) is 5.27. The molecule has 8 heteroatoms. The number of aliphatic hydroxyl groups excluding tert-OH is 1. The fraction of sp³-hybridized carbons (Fsp3) is 0.667. The maximum Gasteiger partial charge on any atom is 0.409 e. The molecule has 2 heterocycles. The van der Waals surface area contributed by atoms with Crippen LogP contribution in [0.1, 0.15) is 12.5 Å². The lowest BCUT2D eigenvalue weighted by atomic mass is 10.1. The van der Waals surface area contributed by atoms with Gasteiger partial charge in [0.1, 0.15) is 18.5 Å². The van der Waals surface area contributed by atoms with Crippen molar-refractivity contribution < 1.29 is 19.4 Å². The van der Waals surface area contributed by atoms with Gasteiger partial charge in [-0.2, -0.15) is 11.8 Å². The summed E-state index contributed by atoms with van der Waals surface area (Å²) < 4.78 is 11.1. The SMILES string of the molecule is CCOC(=O)N1CCN(Cc2ccccc2OC[C@@H](O)CN2CCSCC2)CC1. The summed E-state index contributed by atoms with van der Waals surface area (Å²) in [7, 11) is 0. The number of nitrogens with zero attached hydrogens (tertiary/aromatic N) is 3. The van der Waals surface area contributed by atoms with Gasteiger partial charge in [0.25, 0.3) is 0 Å². The number of β-amino-alcohol motifs (C(OH)–C–C–N with tert-alkyl or cyclic N) is 1. The second kappa shape index (κ2) is 11.6. The summed E-state index contributed by atoms with van der Waals surface area (Å²) >= 11 is 1.97. The van der Waals surface area contributed by atoms with Crippen molar-refractivity contribution in [2.75, 3.05) is 70.5 Å². The molecule has 1 aromatic carbocycles. The summed E-state index contributed by atoms with van der Waals surface area (Å²) in [6.07, 6.45) is -0.712. The highest BCUT2D eigenvalue weighted by Crippen LogP contribution is 2.21. The van der Waals surface area contributed by atoms with Gasteiger partial charge < -0.3 is 19.5 Å². The van der Waals surface area contributed by atoms with E-state index in [9.17, 15) is 9.90 Å². The molecule has 0 radical (unpaired) electrons. The van der Waals surface area contributed by atoms with Gasteiger partial charge >= 0.3 is 6.09 Å². The van der Waals surface area contributed by atoms with Gasteiger partial charge in [-0.25, -0.2) is 4.79 Å². The van der Waals surface area contributed by atoms with Crippen molar-refractivity contribution in [1.82, 2.24) is 14.7 Å². The quantitative estimate of drug-likeness (QED) is 0.683. The number of ether oxygens (including phenoxy) is 2. The minimum absolute atomic E-state index is 0.225. The lowest BCUT2D eigenvalue weighted by molar-refractivity contribution is 0.0692. The van der Waals surface area contributed by atoms with Crippen LogP contribution < -0.4 is 4.74 Å². The number of amides is 1. The Morgan fingerprint density at radius 3 is 2.55 bits per heavy atom. The van der Waals surface area contributed by atoms with E-state index in [2.05, 4.69) is 15.9 Å². The van der Waals surface area contributed by atoms with Crippen LogP contribution in [0.15, 0.2) is 24.3 Å². The van der Waals surface area contributed by atoms with Crippen LogP contribution in [-0.4, -0.2) is 103 Å². The van der Waals surface area contributed by atoms with E-state index in [1.807, 2.05) is 36.9 Å². The van der Waals surface area contributed by atoms with Crippen molar-refractivity contribution in [1.29, 1.82) is 0 Å². The molecule has 0 bridgehead atoms. The first-order valence-electron chi connectivity index (χ1n) is 10.5. The molecule has 2 aliphatic heterocycles. The molecule has 0 spiro atoms.